The number of hydrogen-bond acceptors (Lipinski definition) is 7. The summed E-state index contributed by atoms with van der Waals surface area (Å²) in [6.45, 7) is 2.23. The van der Waals surface area contributed by atoms with Gasteiger partial charge in [-0.05, 0) is 73.6 Å². The quantitative estimate of drug-likeness (QED) is 0.145. The smallest absolute Gasteiger partial charge is 0.400 e. The molecule has 0 radical (unpaired) electrons. The maximum absolute atomic E-state index is 14.7. The van der Waals surface area contributed by atoms with Gasteiger partial charge in [0.15, 0.2) is 0 Å². The fourth-order valence-electron chi connectivity index (χ4n) is 4.57. The number of benzene rings is 2. The van der Waals surface area contributed by atoms with Gasteiger partial charge in [0.2, 0.25) is 0 Å². The van der Waals surface area contributed by atoms with Crippen LogP contribution in [0.25, 0.3) is 6.08 Å². The van der Waals surface area contributed by atoms with Gasteiger partial charge in [0.05, 0.1) is 24.7 Å². The number of halogens is 2. The van der Waals surface area contributed by atoms with Crippen molar-refractivity contribution in [2.45, 2.75) is 58.0 Å². The first-order valence-corrected chi connectivity index (χ1v) is 13.0. The fraction of sp³-hybridized carbons (Fsp3) is 0.448. The summed E-state index contributed by atoms with van der Waals surface area (Å²) in [7, 11) is 0. The molecule has 1 saturated carbocycles. The summed E-state index contributed by atoms with van der Waals surface area (Å²) in [6, 6.07) is 10.6. The molecule has 0 saturated heterocycles. The van der Waals surface area contributed by atoms with Gasteiger partial charge in [-0.1, -0.05) is 31.9 Å². The third-order valence-electron chi connectivity index (χ3n) is 6.54. The molecule has 0 atom stereocenters. The van der Waals surface area contributed by atoms with Crippen LogP contribution in [0, 0.1) is 11.8 Å². The molecule has 4 N–H and O–H groups in total. The molecule has 0 unspecified atom stereocenters. The van der Waals surface area contributed by atoms with Gasteiger partial charge in [-0.2, -0.15) is 8.78 Å². The average Bonchev–Trinajstić information content (AvgIpc) is 2.88. The number of hydrogen-bond donors (Lipinski definition) is 2. The third kappa shape index (κ3) is 9.04. The fourth-order valence-corrected chi connectivity index (χ4v) is 4.57. The van der Waals surface area contributed by atoms with Crippen LogP contribution in [0.2, 0.25) is 0 Å². The van der Waals surface area contributed by atoms with E-state index in [-0.39, 0.29) is 24.5 Å². The molecule has 0 amide bonds. The molecule has 0 spiro atoms. The van der Waals surface area contributed by atoms with Crippen LogP contribution in [-0.2, 0) is 14.3 Å². The van der Waals surface area contributed by atoms with Crippen LogP contribution < -0.4 is 16.2 Å². The monoisotopic (exact) mass is 530 g/mol. The molecule has 0 aliphatic heterocycles. The second kappa shape index (κ2) is 13.8. The van der Waals surface area contributed by atoms with Crippen LogP contribution in [0.5, 0.6) is 5.75 Å². The number of ether oxygens (including phenoxy) is 3. The molecule has 0 heterocycles. The van der Waals surface area contributed by atoms with E-state index in [0.717, 1.165) is 25.7 Å². The van der Waals surface area contributed by atoms with Crippen LogP contribution in [0.4, 0.5) is 20.2 Å². The van der Waals surface area contributed by atoms with E-state index < -0.39 is 24.0 Å². The first-order chi connectivity index (χ1) is 18.2. The third-order valence-corrected chi connectivity index (χ3v) is 6.54. The van der Waals surface area contributed by atoms with E-state index in [2.05, 4.69) is 6.92 Å². The summed E-state index contributed by atoms with van der Waals surface area (Å²) in [5.74, 6) is -1.29. The lowest BCUT2D eigenvalue weighted by atomic mass is 9.79. The second-order valence-electron chi connectivity index (χ2n) is 9.62. The van der Waals surface area contributed by atoms with Gasteiger partial charge in [0.1, 0.15) is 5.75 Å². The van der Waals surface area contributed by atoms with Gasteiger partial charge in [0.25, 0.3) is 0 Å². The highest BCUT2D eigenvalue weighted by Gasteiger charge is 2.43. The van der Waals surface area contributed by atoms with Gasteiger partial charge in [-0.15, -0.1) is 0 Å². The van der Waals surface area contributed by atoms with Gasteiger partial charge >= 0.3 is 18.0 Å². The highest BCUT2D eigenvalue weighted by atomic mass is 19.3. The standard InChI is InChI=1S/C29H36F2N2O5/c1-2-4-20-5-10-23(11-6-20)29(30,31)38-26-12-7-21(8-13-26)9-14-27(34)36-15-3-16-37-28(35)22-17-24(32)19-25(33)18-22/h7-9,12-14,17-20,23H,2-6,10-11,15-16,32-33H2,1H3/b14-9+. The Hall–Kier alpha value is -3.62. The number of carbonyl (C=O) groups excluding carboxylic acids is 2. The zero-order valence-electron chi connectivity index (χ0n) is 21.7. The van der Waals surface area contributed by atoms with Crippen LogP contribution in [0.3, 0.4) is 0 Å². The first-order valence-electron chi connectivity index (χ1n) is 13.0. The van der Waals surface area contributed by atoms with E-state index >= 15 is 0 Å². The Morgan fingerprint density at radius 1 is 0.974 bits per heavy atom. The first kappa shape index (κ1) is 28.9. The summed E-state index contributed by atoms with van der Waals surface area (Å²) in [4.78, 5) is 24.0. The van der Waals surface area contributed by atoms with Gasteiger partial charge < -0.3 is 25.7 Å². The topological polar surface area (TPSA) is 114 Å². The largest absolute Gasteiger partial charge is 0.462 e. The van der Waals surface area contributed by atoms with E-state index in [1.165, 1.54) is 42.5 Å². The minimum atomic E-state index is -3.21. The molecule has 3 rings (SSSR count). The minimum absolute atomic E-state index is 0.0524. The summed E-state index contributed by atoms with van der Waals surface area (Å²) in [5.41, 5.74) is 12.9. The molecule has 0 bridgehead atoms. The minimum Gasteiger partial charge on any atom is -0.462 e. The van der Waals surface area contributed by atoms with E-state index in [1.807, 2.05) is 0 Å². The number of rotatable bonds is 12. The SMILES string of the molecule is CCCC1CCC(C(F)(F)Oc2ccc(/C=C/C(=O)OCCCOC(=O)c3cc(N)cc(N)c3)cc2)CC1. The molecule has 7 nitrogen and oxygen atoms in total. The lowest BCUT2D eigenvalue weighted by Crippen LogP contribution is -2.37. The number of nitrogen functional groups attached to an aromatic ring is 2. The van der Waals surface area contributed by atoms with Crippen molar-refractivity contribution in [2.24, 2.45) is 11.8 Å². The van der Waals surface area contributed by atoms with Gasteiger partial charge in [-0.25, -0.2) is 9.59 Å². The highest BCUT2D eigenvalue weighted by molar-refractivity contribution is 5.91. The van der Waals surface area contributed by atoms with Crippen molar-refractivity contribution < 1.29 is 32.6 Å². The van der Waals surface area contributed by atoms with Crippen molar-refractivity contribution in [3.63, 3.8) is 0 Å². The normalized spacial score (nSPS) is 17.8. The summed E-state index contributed by atoms with van der Waals surface area (Å²) >= 11 is 0. The summed E-state index contributed by atoms with van der Waals surface area (Å²) in [6.07, 6.45) is 4.62. The molecule has 2 aromatic carbocycles. The maximum Gasteiger partial charge on any atom is 0.400 e. The number of anilines is 2. The molecule has 1 aliphatic carbocycles. The Balaban J connectivity index is 1.36. The van der Waals surface area contributed by atoms with Gasteiger partial charge in [-0.3, -0.25) is 0 Å². The van der Waals surface area contributed by atoms with Crippen LogP contribution >= 0.6 is 0 Å². The van der Waals surface area contributed by atoms with Crippen LogP contribution in [-0.4, -0.2) is 31.3 Å². The summed E-state index contributed by atoms with van der Waals surface area (Å²) < 4.78 is 44.6. The maximum atomic E-state index is 14.7. The number of carbonyl (C=O) groups is 2. The lowest BCUT2D eigenvalue weighted by molar-refractivity contribution is -0.223. The zero-order chi connectivity index (χ0) is 27.5. The molecular weight excluding hydrogens is 494 g/mol. The summed E-state index contributed by atoms with van der Waals surface area (Å²) in [5, 5.41) is 0. The number of alkyl halides is 2. The predicted molar refractivity (Wildman–Crippen MR) is 143 cm³/mol. The highest BCUT2D eigenvalue weighted by Crippen LogP contribution is 2.41. The van der Waals surface area contributed by atoms with E-state index in [1.54, 1.807) is 12.1 Å². The van der Waals surface area contributed by atoms with Crippen molar-refractivity contribution in [3.8, 4) is 5.75 Å². The number of nitrogens with two attached hydrogens (primary N) is 2. The molecule has 2 aromatic rings. The molecule has 1 fully saturated rings. The van der Waals surface area contributed by atoms with Gasteiger partial charge in [0, 0.05) is 23.9 Å². The van der Waals surface area contributed by atoms with Crippen molar-refractivity contribution in [1.82, 2.24) is 0 Å². The molecular formula is C29H36F2N2O5. The molecule has 1 aliphatic rings. The van der Waals surface area contributed by atoms with Crippen molar-refractivity contribution in [3.05, 3.63) is 59.7 Å². The van der Waals surface area contributed by atoms with Crippen LogP contribution in [0.1, 0.15) is 67.8 Å². The molecule has 0 aromatic heterocycles. The van der Waals surface area contributed by atoms with Crippen LogP contribution in [0.15, 0.2) is 48.5 Å². The Bertz CT molecular complexity index is 1080. The van der Waals surface area contributed by atoms with Crippen molar-refractivity contribution >= 4 is 29.4 Å². The Morgan fingerprint density at radius 2 is 1.61 bits per heavy atom. The van der Waals surface area contributed by atoms with E-state index in [0.29, 0.717) is 42.1 Å². The van der Waals surface area contributed by atoms with E-state index in [9.17, 15) is 18.4 Å². The second-order valence-corrected chi connectivity index (χ2v) is 9.62. The van der Waals surface area contributed by atoms with Crippen molar-refractivity contribution in [1.29, 1.82) is 0 Å². The zero-order valence-corrected chi connectivity index (χ0v) is 21.7. The molecule has 206 valence electrons. The van der Waals surface area contributed by atoms with Crippen molar-refractivity contribution in [2.75, 3.05) is 24.7 Å². The number of esters is 2. The Kier molecular flexibility index (Phi) is 10.5. The Labute approximate surface area is 222 Å². The average molecular weight is 531 g/mol. The lowest BCUT2D eigenvalue weighted by Gasteiger charge is -2.33. The predicted octanol–water partition coefficient (Wildman–Crippen LogP) is 6.23. The van der Waals surface area contributed by atoms with E-state index in [4.69, 9.17) is 25.7 Å². The Morgan fingerprint density at radius 3 is 2.24 bits per heavy atom. The molecule has 9 heteroatoms. The molecule has 38 heavy (non-hydrogen) atoms.